The third-order valence-corrected chi connectivity index (χ3v) is 15.7. The van der Waals surface area contributed by atoms with Gasteiger partial charge in [-0.15, -0.1) is 0 Å². The molecule has 4 aliphatic heterocycles. The van der Waals surface area contributed by atoms with Gasteiger partial charge in [-0.1, -0.05) is 24.3 Å². The van der Waals surface area contributed by atoms with Crippen LogP contribution < -0.4 is 20.4 Å². The number of urea groups is 1. The van der Waals surface area contributed by atoms with E-state index in [0.29, 0.717) is 73.8 Å². The summed E-state index contributed by atoms with van der Waals surface area (Å²) in [6.07, 6.45) is 9.33. The molecule has 6 heterocycles. The Hall–Kier alpha value is -4.97. The molecule has 1 spiro atoms. The first-order valence-electron chi connectivity index (χ1n) is 21.5. The summed E-state index contributed by atoms with van der Waals surface area (Å²) in [5.74, 6) is 1.79. The molecule has 4 amide bonds. The van der Waals surface area contributed by atoms with Crippen molar-refractivity contribution in [3.8, 4) is 0 Å². The van der Waals surface area contributed by atoms with Gasteiger partial charge in [-0.2, -0.15) is 14.4 Å². The number of carbonyl (C=O) groups is 3. The third kappa shape index (κ3) is 6.92. The minimum atomic E-state index is -3.71. The highest BCUT2D eigenvalue weighted by molar-refractivity contribution is 7.89. The van der Waals surface area contributed by atoms with Gasteiger partial charge in [0.15, 0.2) is 5.82 Å². The normalized spacial score (nSPS) is 24.3. The van der Waals surface area contributed by atoms with Crippen LogP contribution in [0.5, 0.6) is 0 Å². The maximum Gasteiger partial charge on any atom is 0.329 e. The van der Waals surface area contributed by atoms with Crippen molar-refractivity contribution in [3.05, 3.63) is 65.4 Å². The number of aliphatic hydroxyl groups excluding tert-OH is 1. The highest BCUT2D eigenvalue weighted by Crippen LogP contribution is 2.57. The lowest BCUT2D eigenvalue weighted by Gasteiger charge is -2.34. The molecule has 17 heteroatoms. The molecule has 5 fully saturated rings. The van der Waals surface area contributed by atoms with Crippen LogP contribution in [0.25, 0.3) is 10.9 Å². The fourth-order valence-corrected chi connectivity index (χ4v) is 11.9. The average Bonchev–Trinajstić information content (AvgIpc) is 3.93. The van der Waals surface area contributed by atoms with Crippen LogP contribution in [0.4, 0.5) is 22.4 Å². The molecular weight excluding hydrogens is 785 g/mol. The molecule has 3 N–H and O–H groups in total. The van der Waals surface area contributed by atoms with E-state index < -0.39 is 27.6 Å². The number of hydrogen-bond acceptors (Lipinski definition) is 11. The lowest BCUT2D eigenvalue weighted by atomic mass is 9.88. The van der Waals surface area contributed by atoms with E-state index in [-0.39, 0.29) is 30.3 Å². The van der Waals surface area contributed by atoms with E-state index in [1.807, 2.05) is 47.0 Å². The van der Waals surface area contributed by atoms with Crippen molar-refractivity contribution in [2.24, 2.45) is 7.05 Å². The minimum absolute atomic E-state index is 0.0178. The first-order chi connectivity index (χ1) is 29.0. The summed E-state index contributed by atoms with van der Waals surface area (Å²) < 4.78 is 31.4. The number of piperidine rings is 2. The number of amides is 4. The van der Waals surface area contributed by atoms with E-state index in [1.165, 1.54) is 5.56 Å². The van der Waals surface area contributed by atoms with E-state index in [2.05, 4.69) is 26.6 Å². The highest BCUT2D eigenvalue weighted by atomic mass is 32.2. The number of aryl methyl sites for hydroxylation is 1. The largest absolute Gasteiger partial charge is 0.393 e. The van der Waals surface area contributed by atoms with Gasteiger partial charge in [0.1, 0.15) is 5.82 Å². The molecule has 2 aromatic carbocycles. The van der Waals surface area contributed by atoms with Gasteiger partial charge in [0, 0.05) is 68.9 Å². The zero-order valence-electron chi connectivity index (χ0n) is 33.9. The molecule has 60 heavy (non-hydrogen) atoms. The molecule has 4 aromatic rings. The second kappa shape index (κ2) is 15.2. The molecule has 0 bridgehead atoms. The van der Waals surface area contributed by atoms with E-state index in [9.17, 15) is 27.9 Å². The summed E-state index contributed by atoms with van der Waals surface area (Å²) >= 11 is 0. The number of nitrogens with one attached hydrogen (secondary N) is 2. The molecule has 0 unspecified atom stereocenters. The summed E-state index contributed by atoms with van der Waals surface area (Å²) in [5.41, 5.74) is 3.54. The Kier molecular flexibility index (Phi) is 9.92. The zero-order valence-corrected chi connectivity index (χ0v) is 34.7. The van der Waals surface area contributed by atoms with Gasteiger partial charge in [-0.3, -0.25) is 34.3 Å². The molecule has 2 aliphatic carbocycles. The van der Waals surface area contributed by atoms with E-state index in [4.69, 9.17) is 10.1 Å². The Balaban J connectivity index is 0.755. The van der Waals surface area contributed by atoms with Crippen LogP contribution in [0, 0.1) is 0 Å². The number of nitrogens with zero attached hydrogens (tertiary/aromatic N) is 8. The monoisotopic (exact) mass is 836 g/mol. The fourth-order valence-electron chi connectivity index (χ4n) is 10.4. The maximum absolute atomic E-state index is 14.0. The molecule has 10 rings (SSSR count). The summed E-state index contributed by atoms with van der Waals surface area (Å²) in [6.45, 7) is 3.39. The summed E-state index contributed by atoms with van der Waals surface area (Å²) in [6, 6.07) is 12.9. The number of aliphatic hydroxyl groups is 1. The van der Waals surface area contributed by atoms with Gasteiger partial charge in [0.05, 0.1) is 21.9 Å². The van der Waals surface area contributed by atoms with Crippen molar-refractivity contribution in [3.63, 3.8) is 0 Å². The maximum atomic E-state index is 14.0. The smallest absolute Gasteiger partial charge is 0.329 e. The fraction of sp³-hybridized carbons (Fsp3) is 0.535. The third-order valence-electron chi connectivity index (χ3n) is 13.8. The van der Waals surface area contributed by atoms with Gasteiger partial charge < -0.3 is 10.4 Å². The molecule has 2 aromatic heterocycles. The van der Waals surface area contributed by atoms with Crippen molar-refractivity contribution >= 4 is 56.4 Å². The number of hydrogen-bond donors (Lipinski definition) is 3. The number of rotatable bonds is 9. The second-order valence-electron chi connectivity index (χ2n) is 17.6. The Morgan fingerprint density at radius 3 is 2.47 bits per heavy atom. The Morgan fingerprint density at radius 1 is 0.933 bits per heavy atom. The Labute approximate surface area is 349 Å². The topological polar surface area (TPSA) is 186 Å². The highest BCUT2D eigenvalue weighted by Gasteiger charge is 2.61. The van der Waals surface area contributed by atoms with Crippen molar-refractivity contribution in [1.29, 1.82) is 0 Å². The molecule has 316 valence electrons. The van der Waals surface area contributed by atoms with Crippen LogP contribution >= 0.6 is 0 Å². The lowest BCUT2D eigenvalue weighted by Crippen LogP contribution is -2.49. The number of sulfonamides is 1. The quantitative estimate of drug-likeness (QED) is 0.220. The van der Waals surface area contributed by atoms with Crippen LogP contribution in [-0.2, 0) is 38.6 Å². The van der Waals surface area contributed by atoms with Crippen LogP contribution in [0.2, 0.25) is 0 Å². The number of imide groups is 1. The number of anilines is 3. The van der Waals surface area contributed by atoms with Crippen LogP contribution in [0.15, 0.2) is 53.6 Å². The summed E-state index contributed by atoms with van der Waals surface area (Å²) in [7, 11) is -1.81. The molecule has 6 aliphatic rings. The standard InChI is InChI=1S/C43H52N10O6S/c1-49-37-33(9-4-10-34(37)38(48-49)52-22-15-36(55)46-42(52)57)28-11-18-50(19-12-28)26-27-5-2-8-32(23-27)60(58,59)51-20-13-29(14-21-51)45-41-44-25-35-39(47-41)53(40(56)43(35)16-17-43)30-6-3-7-31(54)24-30/h2,4-5,8-10,23,25,28-31,54H,3,6-7,11-22,24,26H2,1H3,(H,44,45,47)(H,46,55,57)/t30-,31-/m0/s1. The molecule has 2 saturated carbocycles. The number of benzene rings is 2. The van der Waals surface area contributed by atoms with Crippen LogP contribution in [0.3, 0.4) is 0 Å². The first-order valence-corrected chi connectivity index (χ1v) is 23.0. The number of para-hydroxylation sites is 1. The predicted molar refractivity (Wildman–Crippen MR) is 224 cm³/mol. The van der Waals surface area contributed by atoms with E-state index >= 15 is 0 Å². The summed E-state index contributed by atoms with van der Waals surface area (Å²) in [5, 5.41) is 21.8. The molecule has 16 nitrogen and oxygen atoms in total. The van der Waals surface area contributed by atoms with Gasteiger partial charge >= 0.3 is 6.03 Å². The van der Waals surface area contributed by atoms with E-state index in [1.54, 1.807) is 21.5 Å². The number of fused-ring (bicyclic) bond motifs is 3. The summed E-state index contributed by atoms with van der Waals surface area (Å²) in [4.78, 5) is 53.6. The van der Waals surface area contributed by atoms with Crippen molar-refractivity contribution < 1.29 is 27.9 Å². The van der Waals surface area contributed by atoms with Gasteiger partial charge in [-0.25, -0.2) is 18.2 Å². The van der Waals surface area contributed by atoms with Crippen molar-refractivity contribution in [2.75, 3.05) is 47.8 Å². The van der Waals surface area contributed by atoms with E-state index in [0.717, 1.165) is 80.1 Å². The first kappa shape index (κ1) is 39.2. The molecule has 0 radical (unpaired) electrons. The molecule has 3 saturated heterocycles. The Morgan fingerprint density at radius 2 is 1.72 bits per heavy atom. The van der Waals surface area contributed by atoms with Gasteiger partial charge in [-0.05, 0) is 113 Å². The molecule has 2 atom stereocenters. The van der Waals surface area contributed by atoms with Gasteiger partial charge in [0.2, 0.25) is 27.8 Å². The Bertz CT molecular complexity index is 2470. The predicted octanol–water partition coefficient (Wildman–Crippen LogP) is 4.14. The molecular formula is C43H52N10O6S. The SMILES string of the molecule is Cn1nc(N2CCC(=O)NC2=O)c2cccc(C3CCN(Cc4cccc(S(=O)(=O)N5CCC(Nc6ncc7c(n6)N([C@H]6CCC[C@H](O)C6)C(=O)C76CC6)CC5)c4)CC3)c21. The average molecular weight is 837 g/mol. The zero-order chi connectivity index (χ0) is 41.3. The van der Waals surface area contributed by atoms with Crippen LogP contribution in [-0.4, -0.2) is 111 Å². The van der Waals surface area contributed by atoms with Crippen molar-refractivity contribution in [1.82, 2.24) is 34.3 Å². The second-order valence-corrected chi connectivity index (χ2v) is 19.6. The number of aromatic nitrogens is 4. The lowest BCUT2D eigenvalue weighted by molar-refractivity contribution is -0.121. The minimum Gasteiger partial charge on any atom is -0.393 e. The van der Waals surface area contributed by atoms with Crippen LogP contribution in [0.1, 0.15) is 93.2 Å². The number of carbonyl (C=O) groups excluding carboxylic acids is 3. The van der Waals surface area contributed by atoms with Gasteiger partial charge in [0.25, 0.3) is 0 Å². The number of likely N-dealkylation sites (tertiary alicyclic amines) is 1. The van der Waals surface area contributed by atoms with Crippen molar-refractivity contribution in [2.45, 2.75) is 112 Å².